The Morgan fingerprint density at radius 1 is 1.47 bits per heavy atom. The maximum absolute atomic E-state index is 10.7. The molecule has 1 aromatic rings. The molecule has 0 bridgehead atoms. The molecular formula is C10H13ClN2O2. The molecule has 0 fully saturated rings. The van der Waals surface area contributed by atoms with Gasteiger partial charge in [-0.1, -0.05) is 11.6 Å². The highest BCUT2D eigenvalue weighted by atomic mass is 35.5. The number of nitrogens with zero attached hydrogens (tertiary/aromatic N) is 2. The lowest BCUT2D eigenvalue weighted by Gasteiger charge is -2.19. The van der Waals surface area contributed by atoms with Crippen molar-refractivity contribution in [3.63, 3.8) is 0 Å². The Bertz CT molecular complexity index is 364. The van der Waals surface area contributed by atoms with Gasteiger partial charge >= 0.3 is 5.97 Å². The SMILES string of the molecule is CCN(CC)c1ccc(C(=O)O)c(Cl)n1. The predicted molar refractivity (Wildman–Crippen MR) is 59.8 cm³/mol. The third-order valence-electron chi connectivity index (χ3n) is 2.15. The number of halogens is 1. The van der Waals surface area contributed by atoms with Crippen LogP contribution in [0.3, 0.4) is 0 Å². The van der Waals surface area contributed by atoms with E-state index in [1.807, 2.05) is 18.7 Å². The Balaban J connectivity index is 3.05. The molecule has 15 heavy (non-hydrogen) atoms. The molecule has 1 aromatic heterocycles. The largest absolute Gasteiger partial charge is 0.478 e. The summed E-state index contributed by atoms with van der Waals surface area (Å²) in [6.45, 7) is 5.63. The third kappa shape index (κ3) is 2.59. The van der Waals surface area contributed by atoms with Gasteiger partial charge in [0, 0.05) is 13.1 Å². The minimum atomic E-state index is -1.06. The van der Waals surface area contributed by atoms with Gasteiger partial charge in [-0.05, 0) is 26.0 Å². The number of carboxylic acids is 1. The van der Waals surface area contributed by atoms with E-state index in [4.69, 9.17) is 16.7 Å². The van der Waals surface area contributed by atoms with E-state index in [2.05, 4.69) is 4.98 Å². The molecule has 82 valence electrons. The summed E-state index contributed by atoms with van der Waals surface area (Å²) in [6, 6.07) is 3.15. The summed E-state index contributed by atoms with van der Waals surface area (Å²) in [4.78, 5) is 16.7. The van der Waals surface area contributed by atoms with E-state index in [0.717, 1.165) is 13.1 Å². The fraction of sp³-hybridized carbons (Fsp3) is 0.400. The van der Waals surface area contributed by atoms with E-state index in [0.29, 0.717) is 5.82 Å². The van der Waals surface area contributed by atoms with Crippen molar-refractivity contribution < 1.29 is 9.90 Å². The van der Waals surface area contributed by atoms with Crippen LogP contribution in [0.1, 0.15) is 24.2 Å². The molecule has 0 radical (unpaired) electrons. The summed E-state index contributed by atoms with van der Waals surface area (Å²) in [5, 5.41) is 8.81. The number of aromatic nitrogens is 1. The van der Waals surface area contributed by atoms with Crippen molar-refractivity contribution >= 4 is 23.4 Å². The van der Waals surface area contributed by atoms with Crippen molar-refractivity contribution in [1.29, 1.82) is 0 Å². The summed E-state index contributed by atoms with van der Waals surface area (Å²) in [5.74, 6) is -0.353. The van der Waals surface area contributed by atoms with E-state index in [1.54, 1.807) is 6.07 Å². The molecule has 0 aromatic carbocycles. The molecule has 0 amide bonds. The molecule has 0 saturated carbocycles. The first-order chi connectivity index (χ1) is 7.10. The second-order valence-electron chi connectivity index (χ2n) is 2.99. The highest BCUT2D eigenvalue weighted by Gasteiger charge is 2.12. The van der Waals surface area contributed by atoms with Crippen molar-refractivity contribution in [2.75, 3.05) is 18.0 Å². The second kappa shape index (κ2) is 4.98. The van der Waals surface area contributed by atoms with Crippen LogP contribution in [-0.4, -0.2) is 29.1 Å². The van der Waals surface area contributed by atoms with Crippen LogP contribution in [0.2, 0.25) is 5.15 Å². The number of aromatic carboxylic acids is 1. The van der Waals surface area contributed by atoms with Gasteiger partial charge in [0.1, 0.15) is 11.0 Å². The lowest BCUT2D eigenvalue weighted by atomic mass is 10.3. The molecule has 1 heterocycles. The summed E-state index contributed by atoms with van der Waals surface area (Å²) in [7, 11) is 0. The molecule has 0 unspecified atom stereocenters. The zero-order valence-electron chi connectivity index (χ0n) is 8.70. The van der Waals surface area contributed by atoms with Gasteiger partial charge in [0.05, 0.1) is 5.56 Å². The molecule has 1 N–H and O–H groups in total. The topological polar surface area (TPSA) is 53.4 Å². The molecule has 4 nitrogen and oxygen atoms in total. The first-order valence-corrected chi connectivity index (χ1v) is 5.12. The monoisotopic (exact) mass is 228 g/mol. The fourth-order valence-corrected chi connectivity index (χ4v) is 1.54. The minimum absolute atomic E-state index is 0.0342. The van der Waals surface area contributed by atoms with Crippen LogP contribution >= 0.6 is 11.6 Å². The van der Waals surface area contributed by atoms with E-state index in [9.17, 15) is 4.79 Å². The smallest absolute Gasteiger partial charge is 0.338 e. The maximum Gasteiger partial charge on any atom is 0.338 e. The number of hydrogen-bond donors (Lipinski definition) is 1. The molecule has 0 spiro atoms. The first kappa shape index (κ1) is 11.8. The highest BCUT2D eigenvalue weighted by molar-refractivity contribution is 6.32. The summed E-state index contributed by atoms with van der Waals surface area (Å²) in [5.41, 5.74) is 0.0348. The molecule has 0 aliphatic heterocycles. The van der Waals surface area contributed by atoms with Crippen LogP contribution in [0.25, 0.3) is 0 Å². The summed E-state index contributed by atoms with van der Waals surface area (Å²) >= 11 is 5.76. The molecule has 1 rings (SSSR count). The normalized spacial score (nSPS) is 10.1. The Kier molecular flexibility index (Phi) is 3.91. The number of carboxylic acid groups (broad SMARTS) is 1. The van der Waals surface area contributed by atoms with Crippen LogP contribution in [0.5, 0.6) is 0 Å². The number of hydrogen-bond acceptors (Lipinski definition) is 3. The van der Waals surface area contributed by atoms with Crippen molar-refractivity contribution in [3.05, 3.63) is 22.8 Å². The van der Waals surface area contributed by atoms with Crippen LogP contribution < -0.4 is 4.90 Å². The Labute approximate surface area is 93.5 Å². The number of pyridine rings is 1. The van der Waals surface area contributed by atoms with E-state index in [-0.39, 0.29) is 10.7 Å². The van der Waals surface area contributed by atoms with Crippen LogP contribution in [0.15, 0.2) is 12.1 Å². The summed E-state index contributed by atoms with van der Waals surface area (Å²) < 4.78 is 0. The van der Waals surface area contributed by atoms with Gasteiger partial charge in [0.2, 0.25) is 0 Å². The molecule has 5 heteroatoms. The molecule has 0 aliphatic rings. The minimum Gasteiger partial charge on any atom is -0.478 e. The number of rotatable bonds is 4. The van der Waals surface area contributed by atoms with Crippen LogP contribution in [-0.2, 0) is 0 Å². The summed E-state index contributed by atoms with van der Waals surface area (Å²) in [6.07, 6.45) is 0. The van der Waals surface area contributed by atoms with Gasteiger partial charge in [-0.25, -0.2) is 9.78 Å². The number of anilines is 1. The van der Waals surface area contributed by atoms with Crippen molar-refractivity contribution in [1.82, 2.24) is 4.98 Å². The van der Waals surface area contributed by atoms with Crippen molar-refractivity contribution in [3.8, 4) is 0 Å². The first-order valence-electron chi connectivity index (χ1n) is 4.74. The lowest BCUT2D eigenvalue weighted by molar-refractivity contribution is 0.0696. The zero-order valence-corrected chi connectivity index (χ0v) is 9.45. The van der Waals surface area contributed by atoms with Crippen LogP contribution in [0.4, 0.5) is 5.82 Å². The molecule has 0 atom stereocenters. The van der Waals surface area contributed by atoms with Gasteiger partial charge in [-0.15, -0.1) is 0 Å². The van der Waals surface area contributed by atoms with Gasteiger partial charge in [-0.2, -0.15) is 0 Å². The lowest BCUT2D eigenvalue weighted by Crippen LogP contribution is -2.23. The van der Waals surface area contributed by atoms with Gasteiger partial charge < -0.3 is 10.0 Å². The Morgan fingerprint density at radius 2 is 2.07 bits per heavy atom. The average molecular weight is 229 g/mol. The van der Waals surface area contributed by atoms with Gasteiger partial charge in [0.15, 0.2) is 0 Å². The van der Waals surface area contributed by atoms with Gasteiger partial charge in [0.25, 0.3) is 0 Å². The number of carbonyl (C=O) groups is 1. The van der Waals surface area contributed by atoms with Crippen LogP contribution in [0, 0.1) is 0 Å². The second-order valence-corrected chi connectivity index (χ2v) is 3.34. The quantitative estimate of drug-likeness (QED) is 0.804. The average Bonchev–Trinajstić information content (AvgIpc) is 2.19. The molecular weight excluding hydrogens is 216 g/mol. The Morgan fingerprint density at radius 3 is 2.47 bits per heavy atom. The van der Waals surface area contributed by atoms with E-state index in [1.165, 1.54) is 6.07 Å². The van der Waals surface area contributed by atoms with E-state index >= 15 is 0 Å². The van der Waals surface area contributed by atoms with Gasteiger partial charge in [-0.3, -0.25) is 0 Å². The Hall–Kier alpha value is -1.29. The maximum atomic E-state index is 10.7. The van der Waals surface area contributed by atoms with Crippen molar-refractivity contribution in [2.24, 2.45) is 0 Å². The highest BCUT2D eigenvalue weighted by Crippen LogP contribution is 2.18. The standard InChI is InChI=1S/C10H13ClN2O2/c1-3-13(4-2)8-6-5-7(10(14)15)9(11)12-8/h5-6H,3-4H2,1-2H3,(H,14,15). The fourth-order valence-electron chi connectivity index (χ4n) is 1.31. The molecule has 0 saturated heterocycles. The zero-order chi connectivity index (χ0) is 11.4. The third-order valence-corrected chi connectivity index (χ3v) is 2.44. The van der Waals surface area contributed by atoms with Crippen molar-refractivity contribution in [2.45, 2.75) is 13.8 Å². The predicted octanol–water partition coefficient (Wildman–Crippen LogP) is 2.28. The van der Waals surface area contributed by atoms with E-state index < -0.39 is 5.97 Å². The molecule has 0 aliphatic carbocycles.